The van der Waals surface area contributed by atoms with Crippen LogP contribution in [0.3, 0.4) is 0 Å². The molecule has 20 heavy (non-hydrogen) atoms. The molecule has 0 aromatic heterocycles. The van der Waals surface area contributed by atoms with E-state index >= 15 is 0 Å². The zero-order chi connectivity index (χ0) is 14.5. The predicted molar refractivity (Wildman–Crippen MR) is 72.6 cm³/mol. The van der Waals surface area contributed by atoms with Crippen LogP contribution in [0, 0.1) is 22.7 Å². The van der Waals surface area contributed by atoms with E-state index in [1.54, 1.807) is 13.8 Å². The molecule has 0 aliphatic heterocycles. The molecule has 3 aliphatic rings. The maximum Gasteiger partial charge on any atom is 0.324 e. The van der Waals surface area contributed by atoms with E-state index < -0.39 is 22.8 Å². The molecule has 0 unspecified atom stereocenters. The van der Waals surface area contributed by atoms with Gasteiger partial charge in [0.05, 0.1) is 13.2 Å². The molecule has 2 fully saturated rings. The van der Waals surface area contributed by atoms with Gasteiger partial charge in [-0.3, -0.25) is 9.59 Å². The standard InChI is InChI=1S/C16H20O4/c1-4-19-13(17)16(14(18)20-5-2)9-15(16)10(3)11-6-7-12(15)8-11/h6-7,11-12H,3-5,8-9H2,1-2H3/t11-,12+,15-/m1/s1. The number of esters is 2. The lowest BCUT2D eigenvalue weighted by Crippen LogP contribution is -2.37. The molecule has 108 valence electrons. The van der Waals surface area contributed by atoms with Crippen LogP contribution in [0.25, 0.3) is 0 Å². The van der Waals surface area contributed by atoms with Crippen molar-refractivity contribution in [2.24, 2.45) is 22.7 Å². The lowest BCUT2D eigenvalue weighted by Gasteiger charge is -2.26. The molecule has 0 saturated heterocycles. The van der Waals surface area contributed by atoms with Gasteiger partial charge in [0.25, 0.3) is 0 Å². The summed E-state index contributed by atoms with van der Waals surface area (Å²) in [4.78, 5) is 24.9. The number of hydrogen-bond acceptors (Lipinski definition) is 4. The minimum absolute atomic E-state index is 0.216. The second-order valence-electron chi connectivity index (χ2n) is 5.85. The number of rotatable bonds is 4. The lowest BCUT2D eigenvalue weighted by atomic mass is 9.78. The van der Waals surface area contributed by atoms with Crippen molar-refractivity contribution in [1.82, 2.24) is 0 Å². The van der Waals surface area contributed by atoms with Crippen LogP contribution >= 0.6 is 0 Å². The van der Waals surface area contributed by atoms with Crippen molar-refractivity contribution < 1.29 is 19.1 Å². The van der Waals surface area contributed by atoms with Crippen LogP contribution in [0.5, 0.6) is 0 Å². The second kappa shape index (κ2) is 4.21. The van der Waals surface area contributed by atoms with Crippen molar-refractivity contribution in [3.05, 3.63) is 24.3 Å². The van der Waals surface area contributed by atoms with E-state index in [1.807, 2.05) is 0 Å². The Morgan fingerprint density at radius 1 is 1.25 bits per heavy atom. The summed E-state index contributed by atoms with van der Waals surface area (Å²) in [6.45, 7) is 8.21. The molecular weight excluding hydrogens is 256 g/mol. The highest BCUT2D eigenvalue weighted by atomic mass is 16.6. The fraction of sp³-hybridized carbons (Fsp3) is 0.625. The Morgan fingerprint density at radius 3 is 2.30 bits per heavy atom. The van der Waals surface area contributed by atoms with Crippen LogP contribution in [0.2, 0.25) is 0 Å². The number of carbonyl (C=O) groups excluding carboxylic acids is 2. The SMILES string of the molecule is C=C1[C@@H]2C=C[C@@H](C2)[C@@]12CC2(C(=O)OCC)C(=O)OCC. The van der Waals surface area contributed by atoms with E-state index in [4.69, 9.17) is 9.47 Å². The molecule has 2 saturated carbocycles. The average Bonchev–Trinajstić information content (AvgIpc) is 2.76. The van der Waals surface area contributed by atoms with Gasteiger partial charge in [0.1, 0.15) is 0 Å². The van der Waals surface area contributed by atoms with Gasteiger partial charge < -0.3 is 9.47 Å². The average molecular weight is 276 g/mol. The number of hydrogen-bond donors (Lipinski definition) is 0. The molecular formula is C16H20O4. The minimum atomic E-state index is -1.15. The molecule has 0 aromatic rings. The third kappa shape index (κ3) is 1.32. The maximum atomic E-state index is 12.4. The topological polar surface area (TPSA) is 52.6 Å². The van der Waals surface area contributed by atoms with Gasteiger partial charge in [-0.25, -0.2) is 0 Å². The van der Waals surface area contributed by atoms with E-state index in [1.165, 1.54) is 0 Å². The lowest BCUT2D eigenvalue weighted by molar-refractivity contribution is -0.166. The summed E-state index contributed by atoms with van der Waals surface area (Å²) in [7, 11) is 0. The molecule has 4 nitrogen and oxygen atoms in total. The Kier molecular flexibility index (Phi) is 2.82. The third-order valence-corrected chi connectivity index (χ3v) is 5.17. The molecule has 2 bridgehead atoms. The molecule has 0 amide bonds. The molecule has 3 atom stereocenters. The van der Waals surface area contributed by atoms with Gasteiger partial charge >= 0.3 is 11.9 Å². The number of fused-ring (bicyclic) bond motifs is 3. The normalized spacial score (nSPS) is 35.4. The van der Waals surface area contributed by atoms with Gasteiger partial charge in [-0.2, -0.15) is 0 Å². The Bertz CT molecular complexity index is 501. The van der Waals surface area contributed by atoms with Gasteiger partial charge in [-0.15, -0.1) is 0 Å². The second-order valence-corrected chi connectivity index (χ2v) is 5.85. The van der Waals surface area contributed by atoms with E-state index in [9.17, 15) is 9.59 Å². The first kappa shape index (κ1) is 13.4. The van der Waals surface area contributed by atoms with Crippen LogP contribution in [0.1, 0.15) is 26.7 Å². The van der Waals surface area contributed by atoms with Crippen molar-refractivity contribution in [3.63, 3.8) is 0 Å². The van der Waals surface area contributed by atoms with Crippen LogP contribution in [0.4, 0.5) is 0 Å². The van der Waals surface area contributed by atoms with E-state index in [2.05, 4.69) is 18.7 Å². The summed E-state index contributed by atoms with van der Waals surface area (Å²) in [5.74, 6) is -0.374. The number of allylic oxidation sites excluding steroid dienone is 3. The first-order valence-electron chi connectivity index (χ1n) is 7.26. The van der Waals surface area contributed by atoms with Crippen LogP contribution in [0.15, 0.2) is 24.3 Å². The summed E-state index contributed by atoms with van der Waals surface area (Å²) in [6, 6.07) is 0. The zero-order valence-electron chi connectivity index (χ0n) is 12.0. The fourth-order valence-corrected chi connectivity index (χ4v) is 4.20. The highest BCUT2D eigenvalue weighted by Gasteiger charge is 2.83. The largest absolute Gasteiger partial charge is 0.465 e. The van der Waals surface area contributed by atoms with E-state index in [0.29, 0.717) is 12.3 Å². The van der Waals surface area contributed by atoms with Gasteiger partial charge in [-0.05, 0) is 38.5 Å². The van der Waals surface area contributed by atoms with Crippen molar-refractivity contribution in [2.45, 2.75) is 26.7 Å². The van der Waals surface area contributed by atoms with Crippen LogP contribution < -0.4 is 0 Å². The molecule has 1 spiro atoms. The molecule has 3 aliphatic carbocycles. The number of carbonyl (C=O) groups is 2. The molecule has 0 aromatic carbocycles. The Morgan fingerprint density at radius 2 is 1.85 bits per heavy atom. The summed E-state index contributed by atoms with van der Waals surface area (Å²) < 4.78 is 10.3. The smallest absolute Gasteiger partial charge is 0.324 e. The Labute approximate surface area is 118 Å². The quantitative estimate of drug-likeness (QED) is 0.449. The van der Waals surface area contributed by atoms with Crippen LogP contribution in [-0.2, 0) is 19.1 Å². The summed E-state index contributed by atoms with van der Waals surface area (Å²) in [5.41, 5.74) is -0.600. The van der Waals surface area contributed by atoms with Crippen LogP contribution in [-0.4, -0.2) is 25.2 Å². The van der Waals surface area contributed by atoms with Crippen molar-refractivity contribution in [1.29, 1.82) is 0 Å². The predicted octanol–water partition coefficient (Wildman–Crippen LogP) is 2.25. The van der Waals surface area contributed by atoms with Gasteiger partial charge in [-0.1, -0.05) is 24.3 Å². The molecule has 0 N–H and O–H groups in total. The van der Waals surface area contributed by atoms with E-state index in [-0.39, 0.29) is 19.1 Å². The number of ether oxygens (including phenoxy) is 2. The van der Waals surface area contributed by atoms with E-state index in [0.717, 1.165) is 12.0 Å². The first-order chi connectivity index (χ1) is 9.54. The third-order valence-electron chi connectivity index (χ3n) is 5.17. The van der Waals surface area contributed by atoms with Gasteiger partial charge in [0, 0.05) is 5.41 Å². The Hall–Kier alpha value is -1.58. The molecule has 3 rings (SSSR count). The zero-order valence-corrected chi connectivity index (χ0v) is 12.0. The maximum absolute atomic E-state index is 12.4. The first-order valence-corrected chi connectivity index (χ1v) is 7.26. The highest BCUT2D eigenvalue weighted by Crippen LogP contribution is 2.79. The Balaban J connectivity index is 1.99. The van der Waals surface area contributed by atoms with Crippen molar-refractivity contribution in [3.8, 4) is 0 Å². The molecule has 0 radical (unpaired) electrons. The van der Waals surface area contributed by atoms with Gasteiger partial charge in [0.15, 0.2) is 5.41 Å². The molecule has 0 heterocycles. The van der Waals surface area contributed by atoms with Crippen molar-refractivity contribution >= 4 is 11.9 Å². The monoisotopic (exact) mass is 276 g/mol. The van der Waals surface area contributed by atoms with Gasteiger partial charge in [0.2, 0.25) is 0 Å². The minimum Gasteiger partial charge on any atom is -0.465 e. The summed E-state index contributed by atoms with van der Waals surface area (Å²) >= 11 is 0. The molecule has 4 heteroatoms. The summed E-state index contributed by atoms with van der Waals surface area (Å²) in [6.07, 6.45) is 5.71. The highest BCUT2D eigenvalue weighted by molar-refractivity contribution is 6.06. The fourth-order valence-electron chi connectivity index (χ4n) is 4.20. The summed E-state index contributed by atoms with van der Waals surface area (Å²) in [5, 5.41) is 0. The van der Waals surface area contributed by atoms with Crippen molar-refractivity contribution in [2.75, 3.05) is 13.2 Å².